The number of ketones is 1. The van der Waals surface area contributed by atoms with Gasteiger partial charge in [-0.05, 0) is 11.8 Å². The molecule has 0 aliphatic heterocycles. The van der Waals surface area contributed by atoms with Crippen molar-refractivity contribution in [3.63, 3.8) is 0 Å². The Morgan fingerprint density at radius 1 is 1.41 bits per heavy atom. The van der Waals surface area contributed by atoms with E-state index in [1.54, 1.807) is 12.4 Å². The first-order valence-corrected chi connectivity index (χ1v) is 6.39. The molecule has 0 spiro atoms. The van der Waals surface area contributed by atoms with Gasteiger partial charge < -0.3 is 4.98 Å². The maximum absolute atomic E-state index is 12.0. The van der Waals surface area contributed by atoms with Gasteiger partial charge in [0, 0.05) is 18.8 Å². The predicted molar refractivity (Wildman–Crippen MR) is 66.1 cm³/mol. The van der Waals surface area contributed by atoms with Crippen LogP contribution in [0.3, 0.4) is 0 Å². The Kier molecular flexibility index (Phi) is 2.19. The number of hydrogen-bond acceptors (Lipinski definition) is 4. The van der Waals surface area contributed by atoms with E-state index in [1.165, 1.54) is 11.3 Å². The Bertz CT molecular complexity index is 569. The van der Waals surface area contributed by atoms with Crippen molar-refractivity contribution in [2.45, 2.75) is 26.7 Å². The first-order chi connectivity index (χ1) is 8.05. The summed E-state index contributed by atoms with van der Waals surface area (Å²) in [5.74, 6) is 0.960. The van der Waals surface area contributed by atoms with Crippen LogP contribution in [0.1, 0.15) is 35.6 Å². The number of fused-ring (bicyclic) bond motifs is 1. The Balaban J connectivity index is 2.07. The van der Waals surface area contributed by atoms with Gasteiger partial charge >= 0.3 is 0 Å². The molecule has 2 heterocycles. The van der Waals surface area contributed by atoms with Gasteiger partial charge in [-0.2, -0.15) is 0 Å². The van der Waals surface area contributed by atoms with Gasteiger partial charge in [0.25, 0.3) is 0 Å². The number of nitrogens with one attached hydrogen (secondary N) is 1. The fraction of sp³-hybridized carbons (Fsp3) is 0.417. The highest BCUT2D eigenvalue weighted by molar-refractivity contribution is 7.17. The van der Waals surface area contributed by atoms with Crippen LogP contribution in [0.15, 0.2) is 12.4 Å². The van der Waals surface area contributed by atoms with Crippen molar-refractivity contribution in [3.8, 4) is 10.8 Å². The molecule has 1 aliphatic rings. The first kappa shape index (κ1) is 10.7. The molecule has 88 valence electrons. The highest BCUT2D eigenvalue weighted by atomic mass is 32.1. The lowest BCUT2D eigenvalue weighted by atomic mass is 9.78. The zero-order valence-electron chi connectivity index (χ0n) is 9.78. The van der Waals surface area contributed by atoms with Gasteiger partial charge in [-0.3, -0.25) is 4.79 Å². The second-order valence-corrected chi connectivity index (χ2v) is 6.17. The van der Waals surface area contributed by atoms with E-state index in [0.717, 1.165) is 27.8 Å². The number of Topliss-reactive ketones (excluding diaryl/α,β-unsaturated/α-hetero) is 1. The van der Waals surface area contributed by atoms with Gasteiger partial charge in [0.15, 0.2) is 16.6 Å². The quantitative estimate of drug-likeness (QED) is 0.842. The van der Waals surface area contributed by atoms with Crippen LogP contribution in [-0.2, 0) is 6.42 Å². The van der Waals surface area contributed by atoms with E-state index in [1.807, 2.05) is 0 Å². The van der Waals surface area contributed by atoms with Gasteiger partial charge in [0.05, 0.1) is 10.6 Å². The van der Waals surface area contributed by atoms with E-state index in [2.05, 4.69) is 28.8 Å². The Hall–Kier alpha value is -1.49. The number of H-pyrrole nitrogens is 1. The molecule has 17 heavy (non-hydrogen) atoms. The maximum atomic E-state index is 12.0. The van der Waals surface area contributed by atoms with Crippen LogP contribution in [0.25, 0.3) is 10.8 Å². The Labute approximate surface area is 103 Å². The highest BCUT2D eigenvalue weighted by Crippen LogP contribution is 2.38. The third-order valence-electron chi connectivity index (χ3n) is 2.94. The average Bonchev–Trinajstić information content (AvgIpc) is 2.81. The fourth-order valence-electron chi connectivity index (χ4n) is 2.20. The molecule has 1 aliphatic carbocycles. The molecular weight excluding hydrogens is 234 g/mol. The van der Waals surface area contributed by atoms with Crippen LogP contribution in [0.5, 0.6) is 0 Å². The number of thiazole rings is 1. The lowest BCUT2D eigenvalue weighted by molar-refractivity contribution is 0.0916. The van der Waals surface area contributed by atoms with Crippen LogP contribution < -0.4 is 0 Å². The number of carbonyl (C=O) groups excluding carboxylic acids is 1. The Morgan fingerprint density at radius 2 is 2.24 bits per heavy atom. The molecule has 3 rings (SSSR count). The lowest BCUT2D eigenvalue weighted by Crippen LogP contribution is -2.25. The molecule has 2 aromatic heterocycles. The summed E-state index contributed by atoms with van der Waals surface area (Å²) in [6.45, 7) is 4.22. The minimum atomic E-state index is 0.0264. The summed E-state index contributed by atoms with van der Waals surface area (Å²) >= 11 is 1.45. The second kappa shape index (κ2) is 3.50. The molecule has 5 heteroatoms. The SMILES string of the molecule is CC1(C)CC(=O)c2sc(-c3ncc[nH]3)nc2C1. The minimum Gasteiger partial charge on any atom is -0.343 e. The van der Waals surface area contributed by atoms with Gasteiger partial charge in [0.1, 0.15) is 0 Å². The van der Waals surface area contributed by atoms with Crippen LogP contribution in [0.4, 0.5) is 0 Å². The normalized spacial score (nSPS) is 18.1. The fourth-order valence-corrected chi connectivity index (χ4v) is 3.18. The summed E-state index contributed by atoms with van der Waals surface area (Å²) < 4.78 is 0. The van der Waals surface area contributed by atoms with Crippen molar-refractivity contribution in [1.29, 1.82) is 0 Å². The van der Waals surface area contributed by atoms with E-state index in [4.69, 9.17) is 0 Å². The second-order valence-electron chi connectivity index (χ2n) is 5.17. The van der Waals surface area contributed by atoms with E-state index >= 15 is 0 Å². The summed E-state index contributed by atoms with van der Waals surface area (Å²) in [6, 6.07) is 0. The molecule has 1 N–H and O–H groups in total. The number of hydrogen-bond donors (Lipinski definition) is 1. The number of aromatic nitrogens is 3. The number of imidazole rings is 1. The molecule has 2 aromatic rings. The number of rotatable bonds is 1. The predicted octanol–water partition coefficient (Wildman–Crippen LogP) is 2.69. The Morgan fingerprint density at radius 3 is 2.94 bits per heavy atom. The van der Waals surface area contributed by atoms with E-state index in [0.29, 0.717) is 6.42 Å². The zero-order chi connectivity index (χ0) is 12.0. The molecule has 0 amide bonds. The largest absolute Gasteiger partial charge is 0.343 e. The van der Waals surface area contributed by atoms with Crippen molar-refractivity contribution in [1.82, 2.24) is 15.0 Å². The van der Waals surface area contributed by atoms with E-state index < -0.39 is 0 Å². The van der Waals surface area contributed by atoms with Crippen LogP contribution >= 0.6 is 11.3 Å². The summed E-state index contributed by atoms with van der Waals surface area (Å²) in [4.78, 5) is 24.6. The number of carbonyl (C=O) groups is 1. The van der Waals surface area contributed by atoms with Crippen LogP contribution in [-0.4, -0.2) is 20.7 Å². The monoisotopic (exact) mass is 247 g/mol. The van der Waals surface area contributed by atoms with Gasteiger partial charge in [-0.25, -0.2) is 9.97 Å². The highest BCUT2D eigenvalue weighted by Gasteiger charge is 2.34. The average molecular weight is 247 g/mol. The van der Waals surface area contributed by atoms with Crippen molar-refractivity contribution in [3.05, 3.63) is 23.0 Å². The third-order valence-corrected chi connectivity index (χ3v) is 4.08. The number of nitrogens with zero attached hydrogens (tertiary/aromatic N) is 2. The summed E-state index contributed by atoms with van der Waals surface area (Å²) in [5, 5.41) is 0.811. The molecule has 4 nitrogen and oxygen atoms in total. The van der Waals surface area contributed by atoms with Crippen molar-refractivity contribution in [2.24, 2.45) is 5.41 Å². The van der Waals surface area contributed by atoms with Crippen molar-refractivity contribution >= 4 is 17.1 Å². The summed E-state index contributed by atoms with van der Waals surface area (Å²) in [6.07, 6.45) is 4.94. The molecule has 0 unspecified atom stereocenters. The molecule has 0 bridgehead atoms. The third kappa shape index (κ3) is 1.80. The molecule has 0 saturated carbocycles. The molecule has 0 saturated heterocycles. The summed E-state index contributed by atoms with van der Waals surface area (Å²) in [7, 11) is 0. The maximum Gasteiger partial charge on any atom is 0.175 e. The molecule has 0 atom stereocenters. The van der Waals surface area contributed by atoms with Crippen LogP contribution in [0, 0.1) is 5.41 Å². The zero-order valence-corrected chi connectivity index (χ0v) is 10.6. The molecule has 0 fully saturated rings. The van der Waals surface area contributed by atoms with Crippen LogP contribution in [0.2, 0.25) is 0 Å². The van der Waals surface area contributed by atoms with E-state index in [9.17, 15) is 4.79 Å². The minimum absolute atomic E-state index is 0.0264. The molecule has 0 aromatic carbocycles. The number of aromatic amines is 1. The molecular formula is C12H13N3OS. The van der Waals surface area contributed by atoms with Gasteiger partial charge in [-0.1, -0.05) is 13.8 Å². The standard InChI is InChI=1S/C12H13N3OS/c1-12(2)5-7-9(8(16)6-12)17-11(15-7)10-13-3-4-14-10/h3-4H,5-6H2,1-2H3,(H,13,14). The lowest BCUT2D eigenvalue weighted by Gasteiger charge is -2.26. The topological polar surface area (TPSA) is 58.6 Å². The van der Waals surface area contributed by atoms with E-state index in [-0.39, 0.29) is 11.2 Å². The molecule has 0 radical (unpaired) electrons. The summed E-state index contributed by atoms with van der Waals surface area (Å²) in [5.41, 5.74) is 0.959. The van der Waals surface area contributed by atoms with Crippen molar-refractivity contribution < 1.29 is 4.79 Å². The smallest absolute Gasteiger partial charge is 0.175 e. The van der Waals surface area contributed by atoms with Gasteiger partial charge in [0.2, 0.25) is 0 Å². The van der Waals surface area contributed by atoms with Crippen molar-refractivity contribution in [2.75, 3.05) is 0 Å². The van der Waals surface area contributed by atoms with Gasteiger partial charge in [-0.15, -0.1) is 11.3 Å². The first-order valence-electron chi connectivity index (χ1n) is 5.58.